The Morgan fingerprint density at radius 3 is 2.75 bits per heavy atom. The quantitative estimate of drug-likeness (QED) is 0.787. The fourth-order valence-corrected chi connectivity index (χ4v) is 3.96. The molecule has 0 amide bonds. The van der Waals surface area contributed by atoms with Crippen LogP contribution in [0, 0.1) is 5.92 Å². The van der Waals surface area contributed by atoms with Crippen LogP contribution in [0.1, 0.15) is 24.5 Å². The van der Waals surface area contributed by atoms with Crippen molar-refractivity contribution in [2.24, 2.45) is 5.92 Å². The van der Waals surface area contributed by atoms with E-state index >= 15 is 0 Å². The van der Waals surface area contributed by atoms with E-state index in [4.69, 9.17) is 4.42 Å². The molecule has 1 N–H and O–H groups in total. The van der Waals surface area contributed by atoms with Crippen molar-refractivity contribution in [1.82, 2.24) is 4.90 Å². The van der Waals surface area contributed by atoms with Gasteiger partial charge in [0.2, 0.25) is 0 Å². The van der Waals surface area contributed by atoms with Gasteiger partial charge in [0.1, 0.15) is 5.58 Å². The van der Waals surface area contributed by atoms with Gasteiger partial charge in [-0.3, -0.25) is 4.90 Å². The lowest BCUT2D eigenvalue weighted by Crippen LogP contribution is -2.48. The third-order valence-electron chi connectivity index (χ3n) is 5.37. The number of likely N-dealkylation sites (tertiary alicyclic amines) is 1. The van der Waals surface area contributed by atoms with Gasteiger partial charge in [-0.2, -0.15) is 0 Å². The van der Waals surface area contributed by atoms with Crippen molar-refractivity contribution in [3.63, 3.8) is 0 Å². The second-order valence-electron chi connectivity index (χ2n) is 6.93. The largest absolute Gasteiger partial charge is 0.464 e. The summed E-state index contributed by atoms with van der Waals surface area (Å²) < 4.78 is 5.51. The Balaban J connectivity index is 1.57. The van der Waals surface area contributed by atoms with Crippen LogP contribution in [0.2, 0.25) is 0 Å². The molecule has 4 rings (SSSR count). The van der Waals surface area contributed by atoms with Crippen molar-refractivity contribution in [2.45, 2.75) is 25.5 Å². The standard InChI is InChI=1S/C21H23NO2/c1-16-14-22(15-17-6-3-2-4-7-17)12-11-21(16,23)19-8-5-9-20-18(19)10-13-24-20/h2-10,13,16,23H,11-12,14-15H2,1H3. The predicted octanol–water partition coefficient (Wildman–Crippen LogP) is 4.16. The van der Waals surface area contributed by atoms with Crippen molar-refractivity contribution in [3.8, 4) is 0 Å². The maximum absolute atomic E-state index is 11.4. The highest BCUT2D eigenvalue weighted by Gasteiger charge is 2.41. The van der Waals surface area contributed by atoms with Gasteiger partial charge in [-0.15, -0.1) is 0 Å². The molecule has 1 saturated heterocycles. The molecule has 2 unspecified atom stereocenters. The van der Waals surface area contributed by atoms with E-state index in [1.54, 1.807) is 6.26 Å². The number of furan rings is 1. The molecule has 1 aromatic heterocycles. The molecule has 3 aromatic rings. The zero-order valence-corrected chi connectivity index (χ0v) is 14.0. The summed E-state index contributed by atoms with van der Waals surface area (Å²) in [5.41, 5.74) is 2.38. The second kappa shape index (κ2) is 6.08. The number of hydrogen-bond donors (Lipinski definition) is 1. The maximum Gasteiger partial charge on any atom is 0.134 e. The smallest absolute Gasteiger partial charge is 0.134 e. The van der Waals surface area contributed by atoms with Crippen LogP contribution in [-0.4, -0.2) is 23.1 Å². The molecule has 2 heterocycles. The summed E-state index contributed by atoms with van der Waals surface area (Å²) in [6.07, 6.45) is 2.44. The van der Waals surface area contributed by atoms with Gasteiger partial charge in [-0.25, -0.2) is 0 Å². The van der Waals surface area contributed by atoms with Crippen LogP contribution in [0.25, 0.3) is 11.0 Å². The van der Waals surface area contributed by atoms with E-state index in [1.807, 2.05) is 30.3 Å². The van der Waals surface area contributed by atoms with E-state index in [2.05, 4.69) is 36.1 Å². The highest BCUT2D eigenvalue weighted by atomic mass is 16.3. The Labute approximate surface area is 142 Å². The molecule has 0 bridgehead atoms. The molecule has 2 aromatic carbocycles. The van der Waals surface area contributed by atoms with Crippen LogP contribution in [0.4, 0.5) is 0 Å². The van der Waals surface area contributed by atoms with Gasteiger partial charge >= 0.3 is 0 Å². The Hall–Kier alpha value is -2.10. The van der Waals surface area contributed by atoms with Crippen LogP contribution >= 0.6 is 0 Å². The third-order valence-corrected chi connectivity index (χ3v) is 5.37. The minimum atomic E-state index is -0.795. The number of rotatable bonds is 3. The molecule has 0 radical (unpaired) electrons. The normalized spacial score (nSPS) is 25.2. The van der Waals surface area contributed by atoms with E-state index in [1.165, 1.54) is 5.56 Å². The number of benzene rings is 2. The molecule has 1 aliphatic rings. The summed E-state index contributed by atoms with van der Waals surface area (Å²) in [6.45, 7) is 4.87. The Kier molecular flexibility index (Phi) is 3.91. The topological polar surface area (TPSA) is 36.6 Å². The minimum Gasteiger partial charge on any atom is -0.464 e. The van der Waals surface area contributed by atoms with Gasteiger partial charge in [0.15, 0.2) is 0 Å². The summed E-state index contributed by atoms with van der Waals surface area (Å²) in [7, 11) is 0. The Morgan fingerprint density at radius 2 is 1.96 bits per heavy atom. The number of hydrogen-bond acceptors (Lipinski definition) is 3. The molecule has 1 aliphatic heterocycles. The molecule has 0 aliphatic carbocycles. The van der Waals surface area contributed by atoms with Crippen molar-refractivity contribution in [2.75, 3.05) is 13.1 Å². The molecule has 3 nitrogen and oxygen atoms in total. The molecular weight excluding hydrogens is 298 g/mol. The van der Waals surface area contributed by atoms with E-state index in [9.17, 15) is 5.11 Å². The van der Waals surface area contributed by atoms with Crippen molar-refractivity contribution in [1.29, 1.82) is 0 Å². The van der Waals surface area contributed by atoms with Crippen LogP contribution in [0.3, 0.4) is 0 Å². The van der Waals surface area contributed by atoms with Crippen LogP contribution in [0.15, 0.2) is 65.3 Å². The average Bonchev–Trinajstić information content (AvgIpc) is 3.08. The fourth-order valence-electron chi connectivity index (χ4n) is 3.96. The zero-order valence-electron chi connectivity index (χ0n) is 14.0. The van der Waals surface area contributed by atoms with Gasteiger partial charge in [-0.05, 0) is 29.7 Å². The monoisotopic (exact) mass is 321 g/mol. The number of aliphatic hydroxyl groups is 1. The lowest BCUT2D eigenvalue weighted by Gasteiger charge is -2.44. The molecule has 24 heavy (non-hydrogen) atoms. The minimum absolute atomic E-state index is 0.162. The fraction of sp³-hybridized carbons (Fsp3) is 0.333. The van der Waals surface area contributed by atoms with Gasteiger partial charge < -0.3 is 9.52 Å². The van der Waals surface area contributed by atoms with Crippen LogP contribution in [-0.2, 0) is 12.1 Å². The number of piperidine rings is 1. The molecular formula is C21H23NO2. The molecule has 0 saturated carbocycles. The van der Waals surface area contributed by atoms with Gasteiger partial charge in [0, 0.05) is 30.9 Å². The number of fused-ring (bicyclic) bond motifs is 1. The summed E-state index contributed by atoms with van der Waals surface area (Å²) in [5, 5.41) is 12.5. The van der Waals surface area contributed by atoms with E-state index in [-0.39, 0.29) is 5.92 Å². The zero-order chi connectivity index (χ0) is 16.6. The molecule has 3 heteroatoms. The lowest BCUT2D eigenvalue weighted by atomic mass is 9.76. The van der Waals surface area contributed by atoms with Crippen LogP contribution < -0.4 is 0 Å². The summed E-state index contributed by atoms with van der Waals surface area (Å²) in [6, 6.07) is 18.5. The maximum atomic E-state index is 11.4. The first kappa shape index (κ1) is 15.4. The van der Waals surface area contributed by atoms with E-state index in [0.717, 1.165) is 42.6 Å². The highest BCUT2D eigenvalue weighted by Crippen LogP contribution is 2.40. The first-order valence-electron chi connectivity index (χ1n) is 8.62. The summed E-state index contributed by atoms with van der Waals surface area (Å²) in [4.78, 5) is 2.43. The number of nitrogens with zero attached hydrogens (tertiary/aromatic N) is 1. The van der Waals surface area contributed by atoms with Crippen molar-refractivity contribution in [3.05, 3.63) is 72.0 Å². The highest BCUT2D eigenvalue weighted by molar-refractivity contribution is 5.81. The lowest BCUT2D eigenvalue weighted by molar-refractivity contribution is -0.0717. The van der Waals surface area contributed by atoms with Gasteiger partial charge in [0.05, 0.1) is 11.9 Å². The first-order valence-corrected chi connectivity index (χ1v) is 8.62. The third kappa shape index (κ3) is 2.64. The predicted molar refractivity (Wildman–Crippen MR) is 95.6 cm³/mol. The van der Waals surface area contributed by atoms with Gasteiger partial charge in [0.25, 0.3) is 0 Å². The Bertz CT molecular complexity index is 826. The molecule has 124 valence electrons. The summed E-state index contributed by atoms with van der Waals surface area (Å²) in [5.74, 6) is 0.162. The average molecular weight is 321 g/mol. The summed E-state index contributed by atoms with van der Waals surface area (Å²) >= 11 is 0. The SMILES string of the molecule is CC1CN(Cc2ccccc2)CCC1(O)c1cccc2occc12. The van der Waals surface area contributed by atoms with Crippen molar-refractivity contribution >= 4 is 11.0 Å². The van der Waals surface area contributed by atoms with Gasteiger partial charge in [-0.1, -0.05) is 49.4 Å². The van der Waals surface area contributed by atoms with E-state index in [0.29, 0.717) is 0 Å². The van der Waals surface area contributed by atoms with Crippen molar-refractivity contribution < 1.29 is 9.52 Å². The van der Waals surface area contributed by atoms with Crippen LogP contribution in [0.5, 0.6) is 0 Å². The second-order valence-corrected chi connectivity index (χ2v) is 6.93. The van der Waals surface area contributed by atoms with E-state index < -0.39 is 5.60 Å². The molecule has 1 fully saturated rings. The first-order chi connectivity index (χ1) is 11.7. The Morgan fingerprint density at radius 1 is 1.12 bits per heavy atom. The molecule has 2 atom stereocenters. The molecule has 0 spiro atoms.